The summed E-state index contributed by atoms with van der Waals surface area (Å²) in [5, 5.41) is 16.3. The Balaban J connectivity index is 1.91. The van der Waals surface area contributed by atoms with Gasteiger partial charge in [-0.3, -0.25) is 0 Å². The van der Waals surface area contributed by atoms with Crippen LogP contribution in [0.4, 0.5) is 0 Å². The monoisotopic (exact) mass is 250 g/mol. The van der Waals surface area contributed by atoms with E-state index in [1.54, 1.807) is 0 Å². The van der Waals surface area contributed by atoms with E-state index < -0.39 is 5.97 Å². The Morgan fingerprint density at radius 1 is 1.28 bits per heavy atom. The van der Waals surface area contributed by atoms with Crippen LogP contribution in [0, 0.1) is 5.92 Å². The summed E-state index contributed by atoms with van der Waals surface area (Å²) < 4.78 is 5.41. The molecule has 1 aliphatic carbocycles. The lowest BCUT2D eigenvalue weighted by atomic mass is 9.97. The number of hydrogen-bond donors (Lipinski definition) is 1. The van der Waals surface area contributed by atoms with Gasteiger partial charge in [-0.2, -0.15) is 0 Å². The molecule has 0 amide bonds. The van der Waals surface area contributed by atoms with Gasteiger partial charge < -0.3 is 9.52 Å². The van der Waals surface area contributed by atoms with Crippen LogP contribution < -0.4 is 0 Å². The summed E-state index contributed by atoms with van der Waals surface area (Å²) in [7, 11) is 0. The van der Waals surface area contributed by atoms with Crippen molar-refractivity contribution in [2.45, 2.75) is 44.9 Å². The highest BCUT2D eigenvalue weighted by Crippen LogP contribution is 2.25. The lowest BCUT2D eigenvalue weighted by Crippen LogP contribution is -2.03. The van der Waals surface area contributed by atoms with Gasteiger partial charge in [0.15, 0.2) is 0 Å². The number of hydrogen-bond acceptors (Lipinski definition) is 4. The number of aromatic nitrogens is 2. The molecule has 1 heterocycles. The summed E-state index contributed by atoms with van der Waals surface area (Å²) in [4.78, 5) is 10.4. The zero-order valence-electron chi connectivity index (χ0n) is 10.3. The van der Waals surface area contributed by atoms with E-state index in [0.29, 0.717) is 11.8 Å². The molecule has 0 radical (unpaired) electrons. The van der Waals surface area contributed by atoms with Gasteiger partial charge in [0.25, 0.3) is 0 Å². The first-order chi connectivity index (χ1) is 8.74. The van der Waals surface area contributed by atoms with Crippen LogP contribution in [0.1, 0.15) is 50.3 Å². The summed E-state index contributed by atoms with van der Waals surface area (Å²) >= 11 is 0. The molecule has 0 spiro atoms. The molecule has 1 N–H and O–H groups in total. The van der Waals surface area contributed by atoms with Crippen LogP contribution in [-0.4, -0.2) is 21.3 Å². The highest BCUT2D eigenvalue weighted by atomic mass is 16.4. The van der Waals surface area contributed by atoms with Gasteiger partial charge in [-0.1, -0.05) is 25.7 Å². The first kappa shape index (κ1) is 12.8. The third-order valence-corrected chi connectivity index (χ3v) is 3.29. The molecule has 0 unspecified atom stereocenters. The summed E-state index contributed by atoms with van der Waals surface area (Å²) in [5.74, 6) is 0.496. The molecular weight excluding hydrogens is 232 g/mol. The molecule has 1 saturated carbocycles. The van der Waals surface area contributed by atoms with Crippen LogP contribution in [-0.2, 0) is 11.2 Å². The molecule has 1 aliphatic rings. The number of carbonyl (C=O) groups is 1. The minimum absolute atomic E-state index is 0.265. The second kappa shape index (κ2) is 6.33. The standard InChI is InChI=1S/C13H18N2O3/c16-13(17)8-7-11-14-15-12(18-11)9-10-5-3-1-2-4-6-10/h7-8,10H,1-6,9H2,(H,16,17)/b8-7+. The maximum Gasteiger partial charge on any atom is 0.328 e. The van der Waals surface area contributed by atoms with E-state index in [2.05, 4.69) is 10.2 Å². The lowest BCUT2D eigenvalue weighted by molar-refractivity contribution is -0.131. The Hall–Kier alpha value is -1.65. The van der Waals surface area contributed by atoms with E-state index >= 15 is 0 Å². The Kier molecular flexibility index (Phi) is 4.50. The molecule has 2 rings (SSSR count). The smallest absolute Gasteiger partial charge is 0.328 e. The van der Waals surface area contributed by atoms with Gasteiger partial charge >= 0.3 is 5.97 Å². The van der Waals surface area contributed by atoms with Crippen molar-refractivity contribution in [3.8, 4) is 0 Å². The molecule has 0 aliphatic heterocycles. The molecule has 0 bridgehead atoms. The minimum Gasteiger partial charge on any atom is -0.478 e. The predicted molar refractivity (Wildman–Crippen MR) is 65.9 cm³/mol. The second-order valence-corrected chi connectivity index (χ2v) is 4.77. The molecule has 18 heavy (non-hydrogen) atoms. The highest BCUT2D eigenvalue weighted by molar-refractivity contribution is 5.84. The average molecular weight is 250 g/mol. The van der Waals surface area contributed by atoms with Crippen LogP contribution in [0.5, 0.6) is 0 Å². The highest BCUT2D eigenvalue weighted by Gasteiger charge is 2.16. The van der Waals surface area contributed by atoms with E-state index in [0.717, 1.165) is 12.5 Å². The summed E-state index contributed by atoms with van der Waals surface area (Å²) in [5.41, 5.74) is 0. The molecule has 5 nitrogen and oxygen atoms in total. The van der Waals surface area contributed by atoms with Crippen molar-refractivity contribution in [2.24, 2.45) is 5.92 Å². The molecule has 1 aromatic rings. The van der Waals surface area contributed by atoms with Crippen molar-refractivity contribution in [3.05, 3.63) is 17.9 Å². The maximum atomic E-state index is 10.4. The number of aliphatic carboxylic acids is 1. The Morgan fingerprint density at radius 3 is 2.67 bits per heavy atom. The first-order valence-corrected chi connectivity index (χ1v) is 6.47. The Morgan fingerprint density at radius 2 is 2.00 bits per heavy atom. The fraction of sp³-hybridized carbons (Fsp3) is 0.615. The van der Waals surface area contributed by atoms with Gasteiger partial charge in [-0.05, 0) is 18.8 Å². The largest absolute Gasteiger partial charge is 0.478 e. The normalized spacial score (nSPS) is 18.0. The molecule has 5 heteroatoms. The third-order valence-electron chi connectivity index (χ3n) is 3.29. The number of carboxylic acids is 1. The van der Waals surface area contributed by atoms with E-state index in [9.17, 15) is 4.79 Å². The minimum atomic E-state index is -1.02. The molecule has 1 fully saturated rings. The van der Waals surface area contributed by atoms with Crippen molar-refractivity contribution in [1.29, 1.82) is 0 Å². The van der Waals surface area contributed by atoms with Crippen molar-refractivity contribution < 1.29 is 14.3 Å². The van der Waals surface area contributed by atoms with E-state index in [1.807, 2.05) is 0 Å². The predicted octanol–water partition coefficient (Wildman–Crippen LogP) is 2.68. The van der Waals surface area contributed by atoms with Crippen LogP contribution in [0.2, 0.25) is 0 Å². The van der Waals surface area contributed by atoms with Crippen molar-refractivity contribution in [2.75, 3.05) is 0 Å². The first-order valence-electron chi connectivity index (χ1n) is 6.47. The van der Waals surface area contributed by atoms with Gasteiger partial charge in [-0.15, -0.1) is 10.2 Å². The summed E-state index contributed by atoms with van der Waals surface area (Å²) in [6, 6.07) is 0. The Bertz CT molecular complexity index is 418. The van der Waals surface area contributed by atoms with Crippen molar-refractivity contribution in [1.82, 2.24) is 10.2 Å². The van der Waals surface area contributed by atoms with Crippen LogP contribution in [0.25, 0.3) is 6.08 Å². The zero-order chi connectivity index (χ0) is 12.8. The number of nitrogens with zero attached hydrogens (tertiary/aromatic N) is 2. The molecule has 98 valence electrons. The van der Waals surface area contributed by atoms with Crippen LogP contribution >= 0.6 is 0 Å². The van der Waals surface area contributed by atoms with Gasteiger partial charge in [0, 0.05) is 18.6 Å². The van der Waals surface area contributed by atoms with E-state index in [-0.39, 0.29) is 5.89 Å². The number of carboxylic acid groups (broad SMARTS) is 1. The van der Waals surface area contributed by atoms with Gasteiger partial charge in [0.05, 0.1) is 0 Å². The third kappa shape index (κ3) is 3.98. The average Bonchev–Trinajstić information content (AvgIpc) is 2.62. The summed E-state index contributed by atoms with van der Waals surface area (Å²) in [6.45, 7) is 0. The molecule has 0 aromatic carbocycles. The van der Waals surface area contributed by atoms with Crippen LogP contribution in [0.15, 0.2) is 10.5 Å². The quantitative estimate of drug-likeness (QED) is 0.656. The molecule has 0 atom stereocenters. The zero-order valence-corrected chi connectivity index (χ0v) is 10.3. The fourth-order valence-corrected chi connectivity index (χ4v) is 2.37. The van der Waals surface area contributed by atoms with Crippen molar-refractivity contribution >= 4 is 12.0 Å². The van der Waals surface area contributed by atoms with Crippen LogP contribution in [0.3, 0.4) is 0 Å². The molecule has 1 aromatic heterocycles. The summed E-state index contributed by atoms with van der Waals surface area (Å²) in [6.07, 6.45) is 10.8. The van der Waals surface area contributed by atoms with Gasteiger partial charge in [0.2, 0.25) is 11.8 Å². The van der Waals surface area contributed by atoms with E-state index in [1.165, 1.54) is 44.6 Å². The van der Waals surface area contributed by atoms with Gasteiger partial charge in [-0.25, -0.2) is 4.79 Å². The lowest BCUT2D eigenvalue weighted by Gasteiger charge is -2.09. The maximum absolute atomic E-state index is 10.4. The Labute approximate surface area is 106 Å². The fourth-order valence-electron chi connectivity index (χ4n) is 2.37. The van der Waals surface area contributed by atoms with Crippen molar-refractivity contribution in [3.63, 3.8) is 0 Å². The topological polar surface area (TPSA) is 76.2 Å². The second-order valence-electron chi connectivity index (χ2n) is 4.77. The van der Waals surface area contributed by atoms with E-state index in [4.69, 9.17) is 9.52 Å². The number of rotatable bonds is 4. The SMILES string of the molecule is O=C(O)/C=C/c1nnc(CC2CCCCCC2)o1. The van der Waals surface area contributed by atoms with Gasteiger partial charge in [0.1, 0.15) is 0 Å². The molecule has 0 saturated heterocycles. The molecular formula is C13H18N2O3.